The summed E-state index contributed by atoms with van der Waals surface area (Å²) < 4.78 is 13.2. The van der Waals surface area contributed by atoms with Gasteiger partial charge in [0, 0.05) is 24.1 Å². The first-order valence-corrected chi connectivity index (χ1v) is 7.15. The maximum Gasteiger partial charge on any atom is 0.217 e. The molecule has 0 aliphatic carbocycles. The number of hydrogen-bond donors (Lipinski definition) is 2. The van der Waals surface area contributed by atoms with Gasteiger partial charge in [0.05, 0.1) is 6.04 Å². The van der Waals surface area contributed by atoms with Crippen LogP contribution in [0.25, 0.3) is 10.9 Å². The van der Waals surface area contributed by atoms with Gasteiger partial charge < -0.3 is 10.4 Å². The molecule has 1 aromatic heterocycles. The SMILES string of the molecule is CC(=O)NC(c1ccc(F)cc1)c1ccc2cccnc2c1O. The third-order valence-electron chi connectivity index (χ3n) is 3.64. The van der Waals surface area contributed by atoms with Gasteiger partial charge in [0.15, 0.2) is 0 Å². The van der Waals surface area contributed by atoms with Crippen molar-refractivity contribution in [2.45, 2.75) is 13.0 Å². The molecule has 0 fully saturated rings. The standard InChI is InChI=1S/C18H15FN2O2/c1-11(22)21-16(13-4-7-14(19)8-5-13)15-9-6-12-3-2-10-20-17(12)18(15)23/h2-10,16,23H,1H3,(H,21,22). The minimum absolute atomic E-state index is 0.00572. The van der Waals surface area contributed by atoms with Crippen LogP contribution >= 0.6 is 0 Å². The number of benzene rings is 2. The van der Waals surface area contributed by atoms with Gasteiger partial charge in [-0.25, -0.2) is 4.39 Å². The number of phenolic OH excluding ortho intramolecular Hbond substituents is 1. The molecule has 3 rings (SSSR count). The molecular weight excluding hydrogens is 295 g/mol. The van der Waals surface area contributed by atoms with E-state index in [0.29, 0.717) is 16.6 Å². The molecule has 23 heavy (non-hydrogen) atoms. The van der Waals surface area contributed by atoms with Gasteiger partial charge in [0.1, 0.15) is 17.1 Å². The first-order valence-electron chi connectivity index (χ1n) is 7.15. The highest BCUT2D eigenvalue weighted by Gasteiger charge is 2.20. The number of carbonyl (C=O) groups is 1. The van der Waals surface area contributed by atoms with Gasteiger partial charge in [0.2, 0.25) is 5.91 Å². The van der Waals surface area contributed by atoms with Crippen LogP contribution in [0.15, 0.2) is 54.7 Å². The number of amides is 1. The Labute approximate surface area is 132 Å². The third-order valence-corrected chi connectivity index (χ3v) is 3.64. The zero-order valence-electron chi connectivity index (χ0n) is 12.5. The van der Waals surface area contributed by atoms with E-state index >= 15 is 0 Å². The molecule has 5 heteroatoms. The summed E-state index contributed by atoms with van der Waals surface area (Å²) in [6.07, 6.45) is 1.59. The Morgan fingerprint density at radius 3 is 2.61 bits per heavy atom. The number of pyridine rings is 1. The van der Waals surface area contributed by atoms with Gasteiger partial charge in [-0.3, -0.25) is 9.78 Å². The molecule has 2 aromatic carbocycles. The lowest BCUT2D eigenvalue weighted by Gasteiger charge is -2.20. The molecule has 0 bridgehead atoms. The minimum atomic E-state index is -0.584. The maximum atomic E-state index is 13.2. The molecule has 1 atom stereocenters. The zero-order chi connectivity index (χ0) is 16.4. The number of fused-ring (bicyclic) bond motifs is 1. The fourth-order valence-corrected chi connectivity index (χ4v) is 2.58. The van der Waals surface area contributed by atoms with Crippen molar-refractivity contribution >= 4 is 16.8 Å². The number of aromatic hydroxyl groups is 1. The van der Waals surface area contributed by atoms with Crippen LogP contribution in [0.5, 0.6) is 5.75 Å². The Hall–Kier alpha value is -2.95. The molecule has 0 aliphatic rings. The average Bonchev–Trinajstić information content (AvgIpc) is 2.54. The van der Waals surface area contributed by atoms with E-state index in [1.54, 1.807) is 30.5 Å². The summed E-state index contributed by atoms with van der Waals surface area (Å²) in [6.45, 7) is 1.40. The van der Waals surface area contributed by atoms with E-state index in [-0.39, 0.29) is 17.5 Å². The Bertz CT molecular complexity index is 863. The summed E-state index contributed by atoms with van der Waals surface area (Å²) in [7, 11) is 0. The molecular formula is C18H15FN2O2. The van der Waals surface area contributed by atoms with Crippen LogP contribution in [0.1, 0.15) is 24.1 Å². The van der Waals surface area contributed by atoms with Gasteiger partial charge in [0.25, 0.3) is 0 Å². The molecule has 0 saturated heterocycles. The van der Waals surface area contributed by atoms with Gasteiger partial charge in [-0.15, -0.1) is 0 Å². The Morgan fingerprint density at radius 1 is 1.17 bits per heavy atom. The lowest BCUT2D eigenvalue weighted by molar-refractivity contribution is -0.119. The molecule has 0 spiro atoms. The summed E-state index contributed by atoms with van der Waals surface area (Å²) in [5.74, 6) is -0.606. The van der Waals surface area contributed by atoms with Crippen molar-refractivity contribution in [1.82, 2.24) is 10.3 Å². The second-order valence-electron chi connectivity index (χ2n) is 5.26. The highest BCUT2D eigenvalue weighted by atomic mass is 19.1. The number of aromatic nitrogens is 1. The third kappa shape index (κ3) is 2.99. The molecule has 4 nitrogen and oxygen atoms in total. The van der Waals surface area contributed by atoms with Crippen molar-refractivity contribution in [3.05, 3.63) is 71.7 Å². The molecule has 0 aliphatic heterocycles. The number of phenols is 1. The summed E-state index contributed by atoms with van der Waals surface area (Å²) >= 11 is 0. The van der Waals surface area contributed by atoms with E-state index in [1.807, 2.05) is 12.1 Å². The number of hydrogen-bond acceptors (Lipinski definition) is 3. The predicted molar refractivity (Wildman–Crippen MR) is 85.5 cm³/mol. The number of rotatable bonds is 3. The predicted octanol–water partition coefficient (Wildman–Crippen LogP) is 3.31. The van der Waals surface area contributed by atoms with Crippen LogP contribution in [-0.4, -0.2) is 16.0 Å². The largest absolute Gasteiger partial charge is 0.505 e. The van der Waals surface area contributed by atoms with E-state index in [2.05, 4.69) is 10.3 Å². The molecule has 1 amide bonds. The summed E-state index contributed by atoms with van der Waals surface area (Å²) in [6, 6.07) is 12.4. The monoisotopic (exact) mass is 310 g/mol. The Balaban J connectivity index is 2.14. The number of nitrogens with one attached hydrogen (secondary N) is 1. The molecule has 0 radical (unpaired) electrons. The first-order chi connectivity index (χ1) is 11.1. The van der Waals surface area contributed by atoms with Crippen LogP contribution in [0.3, 0.4) is 0 Å². The van der Waals surface area contributed by atoms with Gasteiger partial charge in [-0.05, 0) is 23.8 Å². The molecule has 1 heterocycles. The quantitative estimate of drug-likeness (QED) is 0.780. The van der Waals surface area contributed by atoms with E-state index in [0.717, 1.165) is 5.39 Å². The first kappa shape index (κ1) is 15.0. The lowest BCUT2D eigenvalue weighted by Crippen LogP contribution is -2.27. The van der Waals surface area contributed by atoms with Crippen LogP contribution < -0.4 is 5.32 Å². The van der Waals surface area contributed by atoms with Gasteiger partial charge in [-0.1, -0.05) is 30.3 Å². The van der Waals surface area contributed by atoms with Crippen molar-refractivity contribution in [3.8, 4) is 5.75 Å². The van der Waals surface area contributed by atoms with Crippen molar-refractivity contribution in [1.29, 1.82) is 0 Å². The van der Waals surface area contributed by atoms with Crippen LogP contribution in [-0.2, 0) is 4.79 Å². The molecule has 1 unspecified atom stereocenters. The Kier molecular flexibility index (Phi) is 3.93. The fourth-order valence-electron chi connectivity index (χ4n) is 2.58. The highest BCUT2D eigenvalue weighted by Crippen LogP contribution is 2.34. The van der Waals surface area contributed by atoms with Crippen molar-refractivity contribution in [2.24, 2.45) is 0 Å². The molecule has 0 saturated carbocycles. The van der Waals surface area contributed by atoms with E-state index < -0.39 is 6.04 Å². The lowest BCUT2D eigenvalue weighted by atomic mass is 9.96. The van der Waals surface area contributed by atoms with Crippen LogP contribution in [0.4, 0.5) is 4.39 Å². The zero-order valence-corrected chi connectivity index (χ0v) is 12.5. The number of halogens is 1. The molecule has 3 aromatic rings. The molecule has 116 valence electrons. The summed E-state index contributed by atoms with van der Waals surface area (Å²) in [5, 5.41) is 14.1. The maximum absolute atomic E-state index is 13.2. The summed E-state index contributed by atoms with van der Waals surface area (Å²) in [5.41, 5.74) is 1.65. The van der Waals surface area contributed by atoms with Gasteiger partial charge >= 0.3 is 0 Å². The fraction of sp³-hybridized carbons (Fsp3) is 0.111. The van der Waals surface area contributed by atoms with Crippen LogP contribution in [0, 0.1) is 5.82 Å². The van der Waals surface area contributed by atoms with Crippen molar-refractivity contribution in [3.63, 3.8) is 0 Å². The summed E-state index contributed by atoms with van der Waals surface area (Å²) in [4.78, 5) is 15.7. The second kappa shape index (κ2) is 6.04. The molecule has 2 N–H and O–H groups in total. The minimum Gasteiger partial charge on any atom is -0.505 e. The normalized spacial score (nSPS) is 12.1. The Morgan fingerprint density at radius 2 is 1.91 bits per heavy atom. The van der Waals surface area contributed by atoms with E-state index in [4.69, 9.17) is 0 Å². The smallest absolute Gasteiger partial charge is 0.217 e. The number of carbonyl (C=O) groups excluding carboxylic acids is 1. The number of nitrogens with zero attached hydrogens (tertiary/aromatic N) is 1. The average molecular weight is 310 g/mol. The second-order valence-corrected chi connectivity index (χ2v) is 5.26. The van der Waals surface area contributed by atoms with E-state index in [9.17, 15) is 14.3 Å². The van der Waals surface area contributed by atoms with Crippen LogP contribution in [0.2, 0.25) is 0 Å². The van der Waals surface area contributed by atoms with Crippen molar-refractivity contribution < 1.29 is 14.3 Å². The van der Waals surface area contributed by atoms with Crippen molar-refractivity contribution in [2.75, 3.05) is 0 Å². The highest BCUT2D eigenvalue weighted by molar-refractivity contribution is 5.86. The van der Waals surface area contributed by atoms with E-state index in [1.165, 1.54) is 19.1 Å². The topological polar surface area (TPSA) is 62.2 Å². The van der Waals surface area contributed by atoms with Gasteiger partial charge in [-0.2, -0.15) is 0 Å².